The lowest BCUT2D eigenvalue weighted by molar-refractivity contribution is -0.126. The maximum absolute atomic E-state index is 13.4. The van der Waals surface area contributed by atoms with E-state index in [1.54, 1.807) is 0 Å². The Bertz CT molecular complexity index is 856. The zero-order chi connectivity index (χ0) is 21.5. The quantitative estimate of drug-likeness (QED) is 0.727. The molecule has 2 aromatic carbocycles. The van der Waals surface area contributed by atoms with E-state index in [1.165, 1.54) is 0 Å². The summed E-state index contributed by atoms with van der Waals surface area (Å²) >= 11 is 0. The highest BCUT2D eigenvalue weighted by atomic mass is 16.2. The molecule has 1 aliphatic rings. The van der Waals surface area contributed by atoms with Gasteiger partial charge in [0, 0.05) is 44.7 Å². The molecule has 2 amide bonds. The molecule has 1 N–H and O–H groups in total. The van der Waals surface area contributed by atoms with Gasteiger partial charge in [-0.05, 0) is 31.7 Å². The Labute approximate surface area is 179 Å². The molecule has 2 aromatic rings. The second kappa shape index (κ2) is 10.5. The Hall–Kier alpha value is -2.44. The Morgan fingerprint density at radius 3 is 2.43 bits per heavy atom. The van der Waals surface area contributed by atoms with Crippen LogP contribution in [0.1, 0.15) is 27.2 Å². The first-order valence-electron chi connectivity index (χ1n) is 11.1. The van der Waals surface area contributed by atoms with E-state index in [9.17, 15) is 9.59 Å². The summed E-state index contributed by atoms with van der Waals surface area (Å²) in [6.07, 6.45) is 0.948. The topological polar surface area (TPSA) is 55.9 Å². The molecule has 1 aliphatic heterocycles. The Kier molecular flexibility index (Phi) is 7.82. The molecule has 0 saturated carbocycles. The first-order chi connectivity index (χ1) is 14.5. The molecule has 1 heterocycles. The van der Waals surface area contributed by atoms with Gasteiger partial charge in [0.05, 0.1) is 18.3 Å². The molecule has 162 valence electrons. The minimum Gasteiger partial charge on any atom is -0.355 e. The van der Waals surface area contributed by atoms with E-state index in [2.05, 4.69) is 40.2 Å². The van der Waals surface area contributed by atoms with Crippen LogP contribution in [0.3, 0.4) is 0 Å². The van der Waals surface area contributed by atoms with Crippen molar-refractivity contribution in [3.63, 3.8) is 0 Å². The fraction of sp³-hybridized carbons (Fsp3) is 0.500. The first-order valence-corrected chi connectivity index (χ1v) is 11.1. The third-order valence-corrected chi connectivity index (χ3v) is 5.89. The second-order valence-electron chi connectivity index (χ2n) is 7.92. The van der Waals surface area contributed by atoms with E-state index in [0.29, 0.717) is 13.1 Å². The largest absolute Gasteiger partial charge is 0.355 e. The summed E-state index contributed by atoms with van der Waals surface area (Å²) in [6.45, 7) is 11.1. The highest BCUT2D eigenvalue weighted by Crippen LogP contribution is 2.27. The van der Waals surface area contributed by atoms with Gasteiger partial charge in [0.15, 0.2) is 0 Å². The third kappa shape index (κ3) is 5.18. The van der Waals surface area contributed by atoms with Gasteiger partial charge in [-0.2, -0.15) is 0 Å². The van der Waals surface area contributed by atoms with Crippen LogP contribution < -0.4 is 10.2 Å². The van der Waals surface area contributed by atoms with Crippen LogP contribution in [0.15, 0.2) is 42.5 Å². The lowest BCUT2D eigenvalue weighted by Gasteiger charge is -2.38. The minimum atomic E-state index is -0.194. The van der Waals surface area contributed by atoms with Crippen molar-refractivity contribution in [2.24, 2.45) is 0 Å². The molecular weight excluding hydrogens is 376 g/mol. The van der Waals surface area contributed by atoms with E-state index in [-0.39, 0.29) is 17.9 Å². The highest BCUT2D eigenvalue weighted by molar-refractivity contribution is 6.05. The van der Waals surface area contributed by atoms with Gasteiger partial charge in [-0.25, -0.2) is 0 Å². The van der Waals surface area contributed by atoms with Crippen molar-refractivity contribution in [1.29, 1.82) is 0 Å². The molecule has 6 nitrogen and oxygen atoms in total. The number of nitrogens with one attached hydrogen (secondary N) is 1. The monoisotopic (exact) mass is 410 g/mol. The molecule has 0 radical (unpaired) electrons. The number of nitrogens with zero attached hydrogens (tertiary/aromatic N) is 3. The predicted octanol–water partition coefficient (Wildman–Crippen LogP) is 2.73. The molecule has 3 rings (SSSR count). The van der Waals surface area contributed by atoms with E-state index >= 15 is 0 Å². The number of benzene rings is 2. The zero-order valence-electron chi connectivity index (χ0n) is 18.4. The molecule has 0 aliphatic carbocycles. The summed E-state index contributed by atoms with van der Waals surface area (Å²) < 4.78 is 0. The number of fused-ring (bicyclic) bond motifs is 1. The Morgan fingerprint density at radius 2 is 1.73 bits per heavy atom. The molecule has 0 unspecified atom stereocenters. The third-order valence-electron chi connectivity index (χ3n) is 5.89. The van der Waals surface area contributed by atoms with Crippen LogP contribution in [0.4, 0.5) is 5.69 Å². The van der Waals surface area contributed by atoms with Crippen LogP contribution in [0.5, 0.6) is 0 Å². The van der Waals surface area contributed by atoms with Crippen molar-refractivity contribution >= 4 is 28.3 Å². The van der Waals surface area contributed by atoms with Crippen molar-refractivity contribution < 1.29 is 9.59 Å². The van der Waals surface area contributed by atoms with Gasteiger partial charge in [-0.3, -0.25) is 19.4 Å². The molecule has 0 spiro atoms. The van der Waals surface area contributed by atoms with Gasteiger partial charge in [-0.15, -0.1) is 0 Å². The molecule has 1 saturated heterocycles. The number of likely N-dealkylation sites (N-methyl/N-ethyl adjacent to an activating group) is 1. The Morgan fingerprint density at radius 1 is 1.03 bits per heavy atom. The van der Waals surface area contributed by atoms with Crippen LogP contribution in [0.2, 0.25) is 0 Å². The van der Waals surface area contributed by atoms with Crippen molar-refractivity contribution in [2.75, 3.05) is 50.7 Å². The summed E-state index contributed by atoms with van der Waals surface area (Å²) in [5.74, 6) is 0.213. The highest BCUT2D eigenvalue weighted by Gasteiger charge is 2.29. The smallest absolute Gasteiger partial charge is 0.244 e. The van der Waals surface area contributed by atoms with E-state index in [4.69, 9.17) is 0 Å². The van der Waals surface area contributed by atoms with Gasteiger partial charge >= 0.3 is 0 Å². The maximum atomic E-state index is 13.4. The Balaban J connectivity index is 1.63. The summed E-state index contributed by atoms with van der Waals surface area (Å²) in [7, 11) is 0. The average molecular weight is 411 g/mol. The lowest BCUT2D eigenvalue weighted by Crippen LogP contribution is -2.55. The minimum absolute atomic E-state index is 0.0857. The number of carbonyl (C=O) groups excluding carboxylic acids is 2. The SMILES string of the molecule is CCCNC(=O)CN1CCN([C@@H](C)C(=O)N(CC)c2cccc3ccccc23)CC1. The molecule has 30 heavy (non-hydrogen) atoms. The molecule has 1 atom stereocenters. The average Bonchev–Trinajstić information content (AvgIpc) is 2.78. The number of hydrogen-bond donors (Lipinski definition) is 1. The van der Waals surface area contributed by atoms with Crippen molar-refractivity contribution in [2.45, 2.75) is 33.2 Å². The number of rotatable bonds is 8. The fourth-order valence-electron chi connectivity index (χ4n) is 4.10. The number of amides is 2. The van der Waals surface area contributed by atoms with Crippen molar-refractivity contribution in [3.05, 3.63) is 42.5 Å². The van der Waals surface area contributed by atoms with Crippen LogP contribution in [-0.4, -0.2) is 73.5 Å². The summed E-state index contributed by atoms with van der Waals surface area (Å²) in [4.78, 5) is 31.7. The summed E-state index contributed by atoms with van der Waals surface area (Å²) in [5, 5.41) is 5.18. The van der Waals surface area contributed by atoms with Crippen LogP contribution in [-0.2, 0) is 9.59 Å². The molecule has 6 heteroatoms. The predicted molar refractivity (Wildman–Crippen MR) is 123 cm³/mol. The fourth-order valence-corrected chi connectivity index (χ4v) is 4.10. The summed E-state index contributed by atoms with van der Waals surface area (Å²) in [6, 6.07) is 14.1. The van der Waals surface area contributed by atoms with Gasteiger partial charge in [-0.1, -0.05) is 43.3 Å². The standard InChI is InChI=1S/C24H34N4O2/c1-4-13-25-23(29)18-26-14-16-27(17-15-26)19(3)24(30)28(5-2)22-12-8-10-20-9-6-7-11-21(20)22/h6-12,19H,4-5,13-18H2,1-3H3,(H,25,29)/t19-/m0/s1. The number of anilines is 1. The number of carbonyl (C=O) groups is 2. The van der Waals surface area contributed by atoms with E-state index in [1.807, 2.05) is 43.0 Å². The summed E-state index contributed by atoms with van der Waals surface area (Å²) in [5.41, 5.74) is 0.971. The van der Waals surface area contributed by atoms with Gasteiger partial charge < -0.3 is 10.2 Å². The maximum Gasteiger partial charge on any atom is 0.244 e. The van der Waals surface area contributed by atoms with E-state index < -0.39 is 0 Å². The first kappa shape index (κ1) is 22.2. The number of piperazine rings is 1. The molecule has 0 bridgehead atoms. The van der Waals surface area contributed by atoms with Crippen LogP contribution in [0.25, 0.3) is 10.8 Å². The van der Waals surface area contributed by atoms with Crippen molar-refractivity contribution in [1.82, 2.24) is 15.1 Å². The second-order valence-corrected chi connectivity index (χ2v) is 7.92. The van der Waals surface area contributed by atoms with Gasteiger partial charge in [0.25, 0.3) is 0 Å². The molecule has 1 fully saturated rings. The lowest BCUT2D eigenvalue weighted by atomic mass is 10.1. The number of hydrogen-bond acceptors (Lipinski definition) is 4. The molecule has 0 aromatic heterocycles. The van der Waals surface area contributed by atoms with Crippen LogP contribution in [0, 0.1) is 0 Å². The normalized spacial score (nSPS) is 16.4. The zero-order valence-corrected chi connectivity index (χ0v) is 18.4. The van der Waals surface area contributed by atoms with Crippen LogP contribution >= 0.6 is 0 Å². The van der Waals surface area contributed by atoms with Gasteiger partial charge in [0.2, 0.25) is 11.8 Å². The van der Waals surface area contributed by atoms with Gasteiger partial charge in [0.1, 0.15) is 0 Å². The van der Waals surface area contributed by atoms with E-state index in [0.717, 1.165) is 55.6 Å². The van der Waals surface area contributed by atoms with Crippen molar-refractivity contribution in [3.8, 4) is 0 Å². The molecular formula is C24H34N4O2.